The molecule has 0 unspecified atom stereocenters. The van der Waals surface area contributed by atoms with Crippen LogP contribution in [-0.4, -0.2) is 22.7 Å². The smallest absolute Gasteiger partial charge is 0.270 e. The summed E-state index contributed by atoms with van der Waals surface area (Å²) in [6.45, 7) is 2.56. The van der Waals surface area contributed by atoms with Gasteiger partial charge in [-0.2, -0.15) is 9.83 Å². The van der Waals surface area contributed by atoms with Crippen molar-refractivity contribution in [2.75, 3.05) is 7.11 Å². The van der Waals surface area contributed by atoms with Gasteiger partial charge in [-0.3, -0.25) is 4.79 Å². The molecule has 0 bridgehead atoms. The van der Waals surface area contributed by atoms with E-state index in [1.807, 2.05) is 6.07 Å². The number of ketones is 1. The number of methoxy groups -OCH3 is 1. The van der Waals surface area contributed by atoms with Gasteiger partial charge in [0.2, 0.25) is 0 Å². The number of aromatic nitrogens is 3. The van der Waals surface area contributed by atoms with E-state index in [0.717, 1.165) is 6.92 Å². The van der Waals surface area contributed by atoms with E-state index in [9.17, 15) is 18.8 Å². The second-order valence-electron chi connectivity index (χ2n) is 8.10. The van der Waals surface area contributed by atoms with Crippen molar-refractivity contribution in [2.24, 2.45) is 0 Å². The zero-order valence-electron chi connectivity index (χ0n) is 19.0. The molecule has 0 saturated carbocycles. The molecule has 0 aliphatic rings. The van der Waals surface area contributed by atoms with Crippen molar-refractivity contribution < 1.29 is 23.0 Å². The quantitative estimate of drug-likeness (QED) is 0.219. The molecule has 2 aromatic heterocycles. The van der Waals surface area contributed by atoms with Crippen LogP contribution in [0, 0.1) is 12.1 Å². The summed E-state index contributed by atoms with van der Waals surface area (Å²) in [5, 5.41) is 16.2. The normalized spacial score (nSPS) is 11.4. The molecule has 0 aliphatic heterocycles. The Morgan fingerprint density at radius 3 is 2.68 bits per heavy atom. The number of aryl methyl sites for hydroxylation is 1. The summed E-state index contributed by atoms with van der Waals surface area (Å²) in [6.07, 6.45) is 4.45. The van der Waals surface area contributed by atoms with Crippen molar-refractivity contribution >= 4 is 5.78 Å². The topological polar surface area (TPSA) is 71.1 Å². The van der Waals surface area contributed by atoms with Crippen molar-refractivity contribution in [1.82, 2.24) is 9.78 Å². The monoisotopic (exact) mass is 463 g/mol. The Morgan fingerprint density at radius 1 is 1.18 bits per heavy atom. The summed E-state index contributed by atoms with van der Waals surface area (Å²) in [5.74, 6) is -2.61. The zero-order valence-corrected chi connectivity index (χ0v) is 19.0. The molecule has 2 aromatic carbocycles. The van der Waals surface area contributed by atoms with E-state index < -0.39 is 5.92 Å². The first-order valence-electron chi connectivity index (χ1n) is 10.6. The third kappa shape index (κ3) is 4.80. The lowest BCUT2D eigenvalue weighted by Gasteiger charge is -2.11. The number of ether oxygens (including phenoxy) is 1. The molecular formula is C26H23F2N3O3. The van der Waals surface area contributed by atoms with Crippen LogP contribution in [-0.2, 0) is 12.3 Å². The fourth-order valence-corrected chi connectivity index (χ4v) is 3.78. The van der Waals surface area contributed by atoms with Gasteiger partial charge < -0.3 is 9.94 Å². The molecule has 0 amide bonds. The van der Waals surface area contributed by atoms with Gasteiger partial charge in [0.1, 0.15) is 5.75 Å². The van der Waals surface area contributed by atoms with Gasteiger partial charge in [0.15, 0.2) is 18.2 Å². The first kappa shape index (κ1) is 23.1. The van der Waals surface area contributed by atoms with E-state index in [4.69, 9.17) is 4.74 Å². The van der Waals surface area contributed by atoms with E-state index in [1.54, 1.807) is 55.2 Å². The highest BCUT2D eigenvalue weighted by molar-refractivity contribution is 5.98. The second kappa shape index (κ2) is 9.05. The molecule has 0 saturated heterocycles. The average Bonchev–Trinajstić information content (AvgIpc) is 3.20. The number of halogens is 2. The number of Topliss-reactive ketones (excluding diaryl/α,β-unsaturated/α-hetero) is 1. The SMILES string of the molecule is COc1ccc(-n2cc(C(=O)Cc3cccc(C(C)(F)F)c3)c(C)n2)cc1-c1ccc[n+]([O-])c1. The van der Waals surface area contributed by atoms with E-state index in [-0.39, 0.29) is 17.8 Å². The van der Waals surface area contributed by atoms with Crippen molar-refractivity contribution in [3.8, 4) is 22.6 Å². The largest absolute Gasteiger partial charge is 0.619 e. The standard InChI is InChI=1S/C26H23F2N3O3/c1-17-23(24(32)13-18-6-4-8-20(12-18)26(2,27)28)16-31(29-17)21-9-10-25(34-3)22(14-21)19-7-5-11-30(33)15-19/h4-12,14-16H,13H2,1-3H3. The average molecular weight is 463 g/mol. The number of nitrogens with zero attached hydrogens (tertiary/aromatic N) is 3. The Kier molecular flexibility index (Phi) is 6.15. The van der Waals surface area contributed by atoms with Gasteiger partial charge in [0.25, 0.3) is 5.92 Å². The van der Waals surface area contributed by atoms with Crippen molar-refractivity contribution in [2.45, 2.75) is 26.2 Å². The van der Waals surface area contributed by atoms with Crippen molar-refractivity contribution in [3.05, 3.63) is 101 Å². The van der Waals surface area contributed by atoms with Crippen LogP contribution < -0.4 is 9.47 Å². The zero-order chi connectivity index (χ0) is 24.5. The predicted molar refractivity (Wildman–Crippen MR) is 123 cm³/mol. The van der Waals surface area contributed by atoms with Gasteiger partial charge >= 0.3 is 0 Å². The summed E-state index contributed by atoms with van der Waals surface area (Å²) in [4.78, 5) is 13.0. The molecule has 4 aromatic rings. The van der Waals surface area contributed by atoms with E-state index in [2.05, 4.69) is 5.10 Å². The number of hydrogen-bond donors (Lipinski definition) is 0. The molecule has 0 N–H and O–H groups in total. The molecule has 4 rings (SSSR count). The first-order valence-corrected chi connectivity index (χ1v) is 10.6. The van der Waals surface area contributed by atoms with Crippen LogP contribution in [0.4, 0.5) is 8.78 Å². The Bertz CT molecular complexity index is 1360. The molecule has 34 heavy (non-hydrogen) atoms. The lowest BCUT2D eigenvalue weighted by molar-refractivity contribution is -0.604. The summed E-state index contributed by atoms with van der Waals surface area (Å²) in [5.41, 5.74) is 3.35. The van der Waals surface area contributed by atoms with E-state index in [0.29, 0.717) is 44.1 Å². The highest BCUT2D eigenvalue weighted by Gasteiger charge is 2.24. The highest BCUT2D eigenvalue weighted by atomic mass is 19.3. The number of pyridine rings is 1. The number of rotatable bonds is 7. The third-order valence-corrected chi connectivity index (χ3v) is 5.53. The van der Waals surface area contributed by atoms with Gasteiger partial charge in [0, 0.05) is 36.7 Å². The molecule has 6 nitrogen and oxygen atoms in total. The predicted octanol–water partition coefficient (Wildman–Crippen LogP) is 5.03. The third-order valence-electron chi connectivity index (χ3n) is 5.53. The minimum Gasteiger partial charge on any atom is -0.619 e. The van der Waals surface area contributed by atoms with Gasteiger partial charge in [-0.1, -0.05) is 18.2 Å². The lowest BCUT2D eigenvalue weighted by atomic mass is 10.00. The van der Waals surface area contributed by atoms with Gasteiger partial charge in [-0.05, 0) is 42.8 Å². The molecule has 0 aliphatic carbocycles. The molecule has 8 heteroatoms. The molecule has 0 fully saturated rings. The summed E-state index contributed by atoms with van der Waals surface area (Å²) in [7, 11) is 1.55. The Hall–Kier alpha value is -4.07. The first-order chi connectivity index (χ1) is 16.2. The van der Waals surface area contributed by atoms with E-state index in [1.165, 1.54) is 30.6 Å². The maximum atomic E-state index is 13.7. The fraction of sp³-hybridized carbons (Fsp3) is 0.192. The highest BCUT2D eigenvalue weighted by Crippen LogP contribution is 2.32. The molecular weight excluding hydrogens is 440 g/mol. The van der Waals surface area contributed by atoms with E-state index >= 15 is 0 Å². The molecule has 2 heterocycles. The minimum absolute atomic E-state index is 0.0160. The minimum atomic E-state index is -2.98. The van der Waals surface area contributed by atoms with Crippen LogP contribution in [0.25, 0.3) is 16.8 Å². The maximum Gasteiger partial charge on any atom is 0.270 e. The second-order valence-corrected chi connectivity index (χ2v) is 8.10. The fourth-order valence-electron chi connectivity index (χ4n) is 3.78. The Morgan fingerprint density at radius 2 is 1.97 bits per heavy atom. The molecule has 174 valence electrons. The van der Waals surface area contributed by atoms with Crippen LogP contribution in [0.1, 0.15) is 34.1 Å². The number of hydrogen-bond acceptors (Lipinski definition) is 4. The molecule has 0 atom stereocenters. The van der Waals surface area contributed by atoms with Gasteiger partial charge in [-0.15, -0.1) is 0 Å². The maximum absolute atomic E-state index is 13.7. The van der Waals surface area contributed by atoms with Crippen molar-refractivity contribution in [1.29, 1.82) is 0 Å². The van der Waals surface area contributed by atoms with Crippen LogP contribution in [0.3, 0.4) is 0 Å². The molecule has 0 radical (unpaired) electrons. The van der Waals surface area contributed by atoms with Crippen LogP contribution in [0.2, 0.25) is 0 Å². The van der Waals surface area contributed by atoms with Gasteiger partial charge in [0.05, 0.1) is 29.6 Å². The summed E-state index contributed by atoms with van der Waals surface area (Å²) in [6, 6.07) is 14.7. The van der Waals surface area contributed by atoms with Crippen LogP contribution in [0.15, 0.2) is 73.2 Å². The Balaban J connectivity index is 1.65. The number of alkyl halides is 2. The number of carbonyl (C=O) groups is 1. The van der Waals surface area contributed by atoms with Gasteiger partial charge in [-0.25, -0.2) is 13.5 Å². The lowest BCUT2D eigenvalue weighted by Crippen LogP contribution is -2.24. The summed E-state index contributed by atoms with van der Waals surface area (Å²) >= 11 is 0. The Labute approximate surface area is 195 Å². The number of carbonyl (C=O) groups excluding carboxylic acids is 1. The van der Waals surface area contributed by atoms with Crippen molar-refractivity contribution in [3.63, 3.8) is 0 Å². The number of benzene rings is 2. The molecule has 0 spiro atoms. The summed E-state index contributed by atoms with van der Waals surface area (Å²) < 4.78 is 35.0. The van der Waals surface area contributed by atoms with Crippen LogP contribution >= 0.6 is 0 Å². The van der Waals surface area contributed by atoms with Crippen LogP contribution in [0.5, 0.6) is 5.75 Å².